The molecule has 0 bridgehead atoms. The number of nitrogens with zero attached hydrogens (tertiary/aromatic N) is 2. The Morgan fingerprint density at radius 2 is 2.09 bits per heavy atom. The predicted molar refractivity (Wildman–Crippen MR) is 84.4 cm³/mol. The molecule has 6 nitrogen and oxygen atoms in total. The van der Waals surface area contributed by atoms with Crippen molar-refractivity contribution >= 4 is 21.6 Å². The maximum atomic E-state index is 12.8. The van der Waals surface area contributed by atoms with Crippen molar-refractivity contribution in [1.29, 1.82) is 0 Å². The minimum absolute atomic E-state index is 0.00918. The van der Waals surface area contributed by atoms with Crippen LogP contribution < -0.4 is 10.2 Å². The van der Waals surface area contributed by atoms with E-state index in [-0.39, 0.29) is 11.9 Å². The fourth-order valence-electron chi connectivity index (χ4n) is 3.18. The van der Waals surface area contributed by atoms with Gasteiger partial charge in [-0.15, -0.1) is 0 Å². The third kappa shape index (κ3) is 2.53. The number of rotatable bonds is 2. The van der Waals surface area contributed by atoms with Gasteiger partial charge in [-0.2, -0.15) is 4.31 Å². The van der Waals surface area contributed by atoms with E-state index >= 15 is 0 Å². The molecule has 1 atom stereocenters. The molecule has 1 aromatic rings. The van der Waals surface area contributed by atoms with Gasteiger partial charge in [0.25, 0.3) is 0 Å². The largest absolute Gasteiger partial charge is 0.314 e. The van der Waals surface area contributed by atoms with Crippen LogP contribution in [0.15, 0.2) is 23.1 Å². The van der Waals surface area contributed by atoms with Crippen molar-refractivity contribution in [2.45, 2.75) is 31.2 Å². The highest BCUT2D eigenvalue weighted by molar-refractivity contribution is 7.89. The van der Waals surface area contributed by atoms with Crippen LogP contribution in [0.3, 0.4) is 0 Å². The van der Waals surface area contributed by atoms with E-state index in [1.807, 2.05) is 6.92 Å². The summed E-state index contributed by atoms with van der Waals surface area (Å²) in [4.78, 5) is 13.6. The average Bonchev–Trinajstić information content (AvgIpc) is 2.90. The van der Waals surface area contributed by atoms with Gasteiger partial charge in [0.2, 0.25) is 15.9 Å². The molecule has 0 spiro atoms. The third-order valence-corrected chi connectivity index (χ3v) is 6.38. The van der Waals surface area contributed by atoms with Crippen LogP contribution in [0.5, 0.6) is 0 Å². The minimum atomic E-state index is -3.48. The van der Waals surface area contributed by atoms with Gasteiger partial charge in [-0.25, -0.2) is 8.42 Å². The van der Waals surface area contributed by atoms with Gasteiger partial charge in [-0.3, -0.25) is 4.79 Å². The lowest BCUT2D eigenvalue weighted by molar-refractivity contribution is -0.116. The topological polar surface area (TPSA) is 69.7 Å². The summed E-state index contributed by atoms with van der Waals surface area (Å²) in [6.07, 6.45) is 0.704. The quantitative estimate of drug-likeness (QED) is 0.864. The van der Waals surface area contributed by atoms with E-state index in [2.05, 4.69) is 5.32 Å². The Hall–Kier alpha value is -1.44. The van der Waals surface area contributed by atoms with Crippen molar-refractivity contribution in [3.05, 3.63) is 23.8 Å². The highest BCUT2D eigenvalue weighted by atomic mass is 32.2. The summed E-state index contributed by atoms with van der Waals surface area (Å²) >= 11 is 0. The second-order valence-corrected chi connectivity index (χ2v) is 7.77. The molecule has 120 valence electrons. The number of piperazine rings is 1. The summed E-state index contributed by atoms with van der Waals surface area (Å²) in [6, 6.07) is 5.04. The number of carbonyl (C=O) groups excluding carboxylic acids is 1. The normalized spacial score (nSPS) is 22.6. The van der Waals surface area contributed by atoms with Crippen LogP contribution in [0.2, 0.25) is 0 Å². The highest BCUT2D eigenvalue weighted by Gasteiger charge is 2.32. The van der Waals surface area contributed by atoms with Gasteiger partial charge >= 0.3 is 0 Å². The number of hydrogen-bond acceptors (Lipinski definition) is 4. The van der Waals surface area contributed by atoms with Crippen LogP contribution in [0.4, 0.5) is 5.69 Å². The van der Waals surface area contributed by atoms with Crippen molar-refractivity contribution in [3.8, 4) is 0 Å². The monoisotopic (exact) mass is 323 g/mol. The van der Waals surface area contributed by atoms with E-state index in [1.165, 1.54) is 6.92 Å². The minimum Gasteiger partial charge on any atom is -0.314 e. The number of carbonyl (C=O) groups is 1. The number of hydrogen-bond donors (Lipinski definition) is 1. The molecule has 1 N–H and O–H groups in total. The molecule has 7 heteroatoms. The molecule has 3 rings (SSSR count). The second-order valence-electron chi connectivity index (χ2n) is 5.88. The van der Waals surface area contributed by atoms with Crippen molar-refractivity contribution < 1.29 is 13.2 Å². The summed E-state index contributed by atoms with van der Waals surface area (Å²) in [7, 11) is -3.48. The van der Waals surface area contributed by atoms with Crippen LogP contribution in [0.1, 0.15) is 19.4 Å². The first-order valence-corrected chi connectivity index (χ1v) is 8.99. The Morgan fingerprint density at radius 1 is 1.32 bits per heavy atom. The van der Waals surface area contributed by atoms with Gasteiger partial charge in [-0.05, 0) is 37.1 Å². The van der Waals surface area contributed by atoms with Crippen LogP contribution >= 0.6 is 0 Å². The van der Waals surface area contributed by atoms with Crippen LogP contribution in [0, 0.1) is 0 Å². The van der Waals surface area contributed by atoms with Crippen molar-refractivity contribution in [2.24, 2.45) is 0 Å². The maximum Gasteiger partial charge on any atom is 0.243 e. The first-order valence-electron chi connectivity index (χ1n) is 7.55. The number of amides is 1. The molecule has 0 aromatic heterocycles. The van der Waals surface area contributed by atoms with Crippen molar-refractivity contribution in [1.82, 2.24) is 9.62 Å². The molecule has 0 aliphatic carbocycles. The molecule has 0 radical (unpaired) electrons. The SMILES string of the molecule is CC(=O)N1CCc2cc(S(=O)(=O)N3CCNC[C@H]3C)ccc21. The Morgan fingerprint density at radius 3 is 2.77 bits per heavy atom. The Kier molecular flexibility index (Phi) is 3.96. The van der Waals surface area contributed by atoms with E-state index in [0.717, 1.165) is 11.3 Å². The van der Waals surface area contributed by atoms with Gasteiger partial charge in [0.05, 0.1) is 4.90 Å². The number of anilines is 1. The molecule has 22 heavy (non-hydrogen) atoms. The Labute approximate surface area is 131 Å². The lowest BCUT2D eigenvalue weighted by Gasteiger charge is -2.33. The smallest absolute Gasteiger partial charge is 0.243 e. The highest BCUT2D eigenvalue weighted by Crippen LogP contribution is 2.31. The molecule has 2 aliphatic heterocycles. The molecule has 1 amide bonds. The standard InChI is InChI=1S/C15H21N3O3S/c1-11-10-16-6-8-18(11)22(20,21)14-3-4-15-13(9-14)5-7-17(15)12(2)19/h3-4,9,11,16H,5-8,10H2,1-2H3/t11-/m1/s1. The van der Waals surface area contributed by atoms with Crippen LogP contribution in [-0.2, 0) is 21.2 Å². The van der Waals surface area contributed by atoms with Crippen LogP contribution in [-0.4, -0.2) is 50.9 Å². The molecule has 1 fully saturated rings. The first kappa shape index (κ1) is 15.5. The summed E-state index contributed by atoms with van der Waals surface area (Å²) in [5.74, 6) is -0.00918. The molecule has 1 aromatic carbocycles. The van der Waals surface area contributed by atoms with E-state index in [0.29, 0.717) is 37.5 Å². The lowest BCUT2D eigenvalue weighted by atomic mass is 10.2. The first-order chi connectivity index (χ1) is 10.4. The number of sulfonamides is 1. The lowest BCUT2D eigenvalue weighted by Crippen LogP contribution is -2.52. The fraction of sp³-hybridized carbons (Fsp3) is 0.533. The summed E-state index contributed by atoms with van der Waals surface area (Å²) in [5, 5.41) is 3.20. The summed E-state index contributed by atoms with van der Waals surface area (Å²) in [6.45, 7) is 5.89. The van der Waals surface area contributed by atoms with Gasteiger partial charge in [0, 0.05) is 44.8 Å². The summed E-state index contributed by atoms with van der Waals surface area (Å²) in [5.41, 5.74) is 1.76. The molecule has 2 aliphatic rings. The molecule has 0 unspecified atom stereocenters. The van der Waals surface area contributed by atoms with E-state index in [4.69, 9.17) is 0 Å². The molecular formula is C15H21N3O3S. The molecule has 2 heterocycles. The molecule has 1 saturated heterocycles. The van der Waals surface area contributed by atoms with E-state index < -0.39 is 10.0 Å². The zero-order chi connectivity index (χ0) is 15.9. The van der Waals surface area contributed by atoms with E-state index in [9.17, 15) is 13.2 Å². The van der Waals surface area contributed by atoms with Gasteiger partial charge in [0.1, 0.15) is 0 Å². The van der Waals surface area contributed by atoms with Crippen molar-refractivity contribution in [2.75, 3.05) is 31.1 Å². The number of nitrogens with one attached hydrogen (secondary N) is 1. The molecular weight excluding hydrogens is 302 g/mol. The van der Waals surface area contributed by atoms with Gasteiger partial charge < -0.3 is 10.2 Å². The Balaban J connectivity index is 1.94. The molecule has 0 saturated carbocycles. The zero-order valence-electron chi connectivity index (χ0n) is 12.9. The van der Waals surface area contributed by atoms with E-state index in [1.54, 1.807) is 27.4 Å². The second kappa shape index (κ2) is 5.64. The van der Waals surface area contributed by atoms with Crippen molar-refractivity contribution in [3.63, 3.8) is 0 Å². The van der Waals surface area contributed by atoms with Gasteiger partial charge in [0.15, 0.2) is 0 Å². The average molecular weight is 323 g/mol. The third-order valence-electron chi connectivity index (χ3n) is 4.37. The fourth-order valence-corrected chi connectivity index (χ4v) is 4.86. The maximum absolute atomic E-state index is 12.8. The Bertz CT molecular complexity index is 702. The summed E-state index contributed by atoms with van der Waals surface area (Å²) < 4.78 is 27.2. The van der Waals surface area contributed by atoms with Gasteiger partial charge in [-0.1, -0.05) is 0 Å². The van der Waals surface area contributed by atoms with Crippen LogP contribution in [0.25, 0.3) is 0 Å². The zero-order valence-corrected chi connectivity index (χ0v) is 13.7. The predicted octanol–water partition coefficient (Wildman–Crippen LogP) is 0.578. The number of benzene rings is 1. The number of fused-ring (bicyclic) bond motifs is 1.